The van der Waals surface area contributed by atoms with Crippen molar-refractivity contribution < 1.29 is 9.47 Å². The zero-order valence-corrected chi connectivity index (χ0v) is 13.8. The number of aromatic nitrogens is 1. The summed E-state index contributed by atoms with van der Waals surface area (Å²) in [5.41, 5.74) is 8.49. The summed E-state index contributed by atoms with van der Waals surface area (Å²) in [5, 5.41) is 0. The van der Waals surface area contributed by atoms with Crippen molar-refractivity contribution in [1.29, 1.82) is 0 Å². The van der Waals surface area contributed by atoms with E-state index in [-0.39, 0.29) is 6.04 Å². The molecular formula is C16H19BrN2O2. The fourth-order valence-electron chi connectivity index (χ4n) is 2.25. The number of benzene rings is 1. The number of methoxy groups -OCH3 is 2. The van der Waals surface area contributed by atoms with E-state index in [1.54, 1.807) is 20.4 Å². The van der Waals surface area contributed by atoms with Crippen molar-refractivity contribution in [3.8, 4) is 11.5 Å². The Labute approximate surface area is 133 Å². The minimum atomic E-state index is 0.0270. The van der Waals surface area contributed by atoms with Crippen molar-refractivity contribution in [2.24, 2.45) is 5.73 Å². The fraction of sp³-hybridized carbons (Fsp3) is 0.312. The topological polar surface area (TPSA) is 57.4 Å². The highest BCUT2D eigenvalue weighted by molar-refractivity contribution is 9.10. The first-order chi connectivity index (χ1) is 10.1. The highest BCUT2D eigenvalue weighted by Crippen LogP contribution is 2.28. The number of hydrogen-bond acceptors (Lipinski definition) is 4. The Hall–Kier alpha value is -1.59. The first-order valence-electron chi connectivity index (χ1n) is 6.68. The molecule has 112 valence electrons. The van der Waals surface area contributed by atoms with Crippen LogP contribution in [0, 0.1) is 0 Å². The molecule has 0 aliphatic rings. The van der Waals surface area contributed by atoms with Crippen molar-refractivity contribution in [3.05, 3.63) is 52.3 Å². The molecule has 0 saturated carbocycles. The third-order valence-corrected chi connectivity index (χ3v) is 3.64. The minimum Gasteiger partial charge on any atom is -0.493 e. The molecule has 2 N–H and O–H groups in total. The van der Waals surface area contributed by atoms with Crippen LogP contribution >= 0.6 is 15.9 Å². The number of halogens is 1. The molecule has 1 aromatic carbocycles. The summed E-state index contributed by atoms with van der Waals surface area (Å²) in [6.07, 6.45) is 5.16. The third-order valence-electron chi connectivity index (χ3n) is 3.21. The summed E-state index contributed by atoms with van der Waals surface area (Å²) >= 11 is 3.42. The highest BCUT2D eigenvalue weighted by atomic mass is 79.9. The van der Waals surface area contributed by atoms with Crippen molar-refractivity contribution >= 4 is 15.9 Å². The Morgan fingerprint density at radius 1 is 1.05 bits per heavy atom. The lowest BCUT2D eigenvalue weighted by molar-refractivity contribution is 0.354. The summed E-state index contributed by atoms with van der Waals surface area (Å²) in [4.78, 5) is 4.16. The van der Waals surface area contributed by atoms with Gasteiger partial charge in [0.1, 0.15) is 0 Å². The summed E-state index contributed by atoms with van der Waals surface area (Å²) in [6.45, 7) is 0. The maximum atomic E-state index is 6.23. The molecule has 0 aliphatic heterocycles. The smallest absolute Gasteiger partial charge is 0.160 e. The average Bonchev–Trinajstić information content (AvgIpc) is 2.47. The van der Waals surface area contributed by atoms with Gasteiger partial charge in [0.05, 0.1) is 14.2 Å². The van der Waals surface area contributed by atoms with E-state index in [1.165, 1.54) is 0 Å². The molecular weight excluding hydrogens is 332 g/mol. The van der Waals surface area contributed by atoms with Gasteiger partial charge in [0.2, 0.25) is 0 Å². The Bertz CT molecular complexity index is 605. The van der Waals surface area contributed by atoms with Gasteiger partial charge in [-0.3, -0.25) is 4.98 Å². The SMILES string of the molecule is COc1ccc(CC(N)Cc2cncc(Br)c2)cc1OC. The summed E-state index contributed by atoms with van der Waals surface area (Å²) in [6, 6.07) is 7.96. The van der Waals surface area contributed by atoms with Crippen LogP contribution < -0.4 is 15.2 Å². The summed E-state index contributed by atoms with van der Waals surface area (Å²) < 4.78 is 11.5. The number of rotatable bonds is 6. The standard InChI is InChI=1S/C16H19BrN2O2/c1-20-15-4-3-11(8-16(15)21-2)6-14(18)7-12-5-13(17)10-19-9-12/h3-5,8-10,14H,6-7,18H2,1-2H3. The molecule has 21 heavy (non-hydrogen) atoms. The summed E-state index contributed by atoms with van der Waals surface area (Å²) in [7, 11) is 3.26. The van der Waals surface area contributed by atoms with E-state index < -0.39 is 0 Å². The molecule has 0 bridgehead atoms. The van der Waals surface area contributed by atoms with E-state index in [9.17, 15) is 0 Å². The second kappa shape index (κ2) is 7.43. The van der Waals surface area contributed by atoms with Gasteiger partial charge in [0.25, 0.3) is 0 Å². The lowest BCUT2D eigenvalue weighted by atomic mass is 10.0. The van der Waals surface area contributed by atoms with Crippen LogP contribution in [-0.2, 0) is 12.8 Å². The highest BCUT2D eigenvalue weighted by Gasteiger charge is 2.09. The number of nitrogens with two attached hydrogens (primary N) is 1. The van der Waals surface area contributed by atoms with Crippen molar-refractivity contribution in [3.63, 3.8) is 0 Å². The Kier molecular flexibility index (Phi) is 5.59. The van der Waals surface area contributed by atoms with E-state index in [0.717, 1.165) is 39.9 Å². The minimum absolute atomic E-state index is 0.0270. The molecule has 1 unspecified atom stereocenters. The summed E-state index contributed by atoms with van der Waals surface area (Å²) in [5.74, 6) is 1.46. The monoisotopic (exact) mass is 350 g/mol. The molecule has 1 atom stereocenters. The van der Waals surface area contributed by atoms with E-state index in [2.05, 4.69) is 20.9 Å². The van der Waals surface area contributed by atoms with Gasteiger partial charge in [-0.1, -0.05) is 6.07 Å². The fourth-order valence-corrected chi connectivity index (χ4v) is 2.67. The lowest BCUT2D eigenvalue weighted by Crippen LogP contribution is -2.25. The maximum absolute atomic E-state index is 6.23. The Morgan fingerprint density at radius 3 is 2.43 bits per heavy atom. The van der Waals surface area contributed by atoms with Crippen LogP contribution in [0.4, 0.5) is 0 Å². The lowest BCUT2D eigenvalue weighted by Gasteiger charge is -2.14. The van der Waals surface area contributed by atoms with Crippen LogP contribution in [0.1, 0.15) is 11.1 Å². The van der Waals surface area contributed by atoms with Crippen LogP contribution in [-0.4, -0.2) is 25.2 Å². The number of ether oxygens (including phenoxy) is 2. The van der Waals surface area contributed by atoms with Crippen LogP contribution in [0.3, 0.4) is 0 Å². The van der Waals surface area contributed by atoms with Gasteiger partial charge in [-0.05, 0) is 58.1 Å². The van der Waals surface area contributed by atoms with Crippen molar-refractivity contribution in [2.75, 3.05) is 14.2 Å². The molecule has 5 heteroatoms. The molecule has 2 aromatic rings. The van der Waals surface area contributed by atoms with E-state index in [0.29, 0.717) is 0 Å². The van der Waals surface area contributed by atoms with Crippen LogP contribution in [0.25, 0.3) is 0 Å². The van der Waals surface area contributed by atoms with Crippen LogP contribution in [0.15, 0.2) is 41.1 Å². The molecule has 1 heterocycles. The average molecular weight is 351 g/mol. The molecule has 0 amide bonds. The molecule has 0 fully saturated rings. The van der Waals surface area contributed by atoms with Crippen molar-refractivity contribution in [1.82, 2.24) is 4.98 Å². The van der Waals surface area contributed by atoms with Gasteiger partial charge in [-0.15, -0.1) is 0 Å². The quantitative estimate of drug-likeness (QED) is 0.869. The van der Waals surface area contributed by atoms with Crippen LogP contribution in [0.5, 0.6) is 11.5 Å². The van der Waals surface area contributed by atoms with Gasteiger partial charge in [0.15, 0.2) is 11.5 Å². The third kappa shape index (κ3) is 4.44. The molecule has 2 rings (SSSR count). The second-order valence-corrected chi connectivity index (χ2v) is 5.78. The van der Waals surface area contributed by atoms with Crippen LogP contribution in [0.2, 0.25) is 0 Å². The van der Waals surface area contributed by atoms with Gasteiger partial charge in [0, 0.05) is 22.9 Å². The first kappa shape index (κ1) is 15.8. The Balaban J connectivity index is 2.04. The van der Waals surface area contributed by atoms with Gasteiger partial charge in [-0.25, -0.2) is 0 Å². The number of hydrogen-bond donors (Lipinski definition) is 1. The normalized spacial score (nSPS) is 12.0. The molecule has 0 aliphatic carbocycles. The Morgan fingerprint density at radius 2 is 1.76 bits per heavy atom. The zero-order valence-electron chi connectivity index (χ0n) is 12.2. The molecule has 1 aromatic heterocycles. The predicted octanol–water partition coefficient (Wildman–Crippen LogP) is 2.97. The van der Waals surface area contributed by atoms with E-state index in [4.69, 9.17) is 15.2 Å². The second-order valence-electron chi connectivity index (χ2n) is 4.87. The van der Waals surface area contributed by atoms with Gasteiger partial charge in [-0.2, -0.15) is 0 Å². The van der Waals surface area contributed by atoms with Gasteiger partial charge < -0.3 is 15.2 Å². The molecule has 0 radical (unpaired) electrons. The first-order valence-corrected chi connectivity index (χ1v) is 7.47. The molecule has 0 saturated heterocycles. The maximum Gasteiger partial charge on any atom is 0.160 e. The molecule has 0 spiro atoms. The molecule has 4 nitrogen and oxygen atoms in total. The largest absolute Gasteiger partial charge is 0.493 e. The zero-order chi connectivity index (χ0) is 15.2. The van der Waals surface area contributed by atoms with Crippen molar-refractivity contribution in [2.45, 2.75) is 18.9 Å². The van der Waals surface area contributed by atoms with E-state index in [1.807, 2.05) is 30.5 Å². The number of nitrogens with zero attached hydrogens (tertiary/aromatic N) is 1. The predicted molar refractivity (Wildman–Crippen MR) is 86.9 cm³/mol. The number of pyridine rings is 1. The van der Waals surface area contributed by atoms with Gasteiger partial charge >= 0.3 is 0 Å². The van der Waals surface area contributed by atoms with E-state index >= 15 is 0 Å².